The molecule has 1 aliphatic heterocycles. The predicted octanol–water partition coefficient (Wildman–Crippen LogP) is 0.618. The van der Waals surface area contributed by atoms with Gasteiger partial charge in [-0.3, -0.25) is 0 Å². The summed E-state index contributed by atoms with van der Waals surface area (Å²) >= 11 is 0. The first-order chi connectivity index (χ1) is 4.93. The van der Waals surface area contributed by atoms with Crippen molar-refractivity contribution in [3.8, 4) is 0 Å². The third kappa shape index (κ3) is 0.956. The van der Waals surface area contributed by atoms with Gasteiger partial charge in [-0.25, -0.2) is 0 Å². The molecule has 0 spiro atoms. The largest absolute Gasteiger partial charge is 0.381 e. The molecular weight excluding hydrogens is 126 g/mol. The molecule has 1 saturated carbocycles. The first-order valence-electron chi connectivity index (χ1n) is 4.21. The SMILES string of the molecule is NCCC1C2CCOCC12. The van der Waals surface area contributed by atoms with E-state index in [1.54, 1.807) is 0 Å². The second-order valence-corrected chi connectivity index (χ2v) is 3.43. The van der Waals surface area contributed by atoms with Gasteiger partial charge in [0.1, 0.15) is 0 Å². The minimum absolute atomic E-state index is 0.859. The van der Waals surface area contributed by atoms with Crippen LogP contribution in [0.4, 0.5) is 0 Å². The molecule has 2 rings (SSSR count). The Morgan fingerprint density at radius 2 is 2.30 bits per heavy atom. The van der Waals surface area contributed by atoms with Gasteiger partial charge in [0, 0.05) is 13.2 Å². The molecule has 2 N–H and O–H groups in total. The lowest BCUT2D eigenvalue weighted by Gasteiger charge is -2.07. The fourth-order valence-electron chi connectivity index (χ4n) is 2.26. The average molecular weight is 141 g/mol. The Labute approximate surface area is 61.7 Å². The molecule has 2 nitrogen and oxygen atoms in total. The fourth-order valence-corrected chi connectivity index (χ4v) is 2.26. The van der Waals surface area contributed by atoms with E-state index in [2.05, 4.69) is 0 Å². The predicted molar refractivity (Wildman–Crippen MR) is 39.6 cm³/mol. The molecular formula is C8H15NO. The van der Waals surface area contributed by atoms with E-state index in [1.165, 1.54) is 12.8 Å². The van der Waals surface area contributed by atoms with Gasteiger partial charge in [-0.1, -0.05) is 0 Å². The van der Waals surface area contributed by atoms with E-state index in [1.807, 2.05) is 0 Å². The van der Waals surface area contributed by atoms with Crippen LogP contribution in [0.1, 0.15) is 12.8 Å². The van der Waals surface area contributed by atoms with Crippen LogP contribution in [-0.2, 0) is 4.74 Å². The van der Waals surface area contributed by atoms with Crippen molar-refractivity contribution in [2.45, 2.75) is 12.8 Å². The first kappa shape index (κ1) is 6.62. The molecule has 2 fully saturated rings. The van der Waals surface area contributed by atoms with E-state index >= 15 is 0 Å². The number of ether oxygens (including phenoxy) is 1. The monoisotopic (exact) mass is 141 g/mol. The van der Waals surface area contributed by atoms with Crippen molar-refractivity contribution >= 4 is 0 Å². The van der Waals surface area contributed by atoms with E-state index in [0.717, 1.165) is 37.5 Å². The zero-order valence-corrected chi connectivity index (χ0v) is 6.25. The Balaban J connectivity index is 1.82. The van der Waals surface area contributed by atoms with E-state index in [-0.39, 0.29) is 0 Å². The zero-order chi connectivity index (χ0) is 6.97. The molecule has 10 heavy (non-hydrogen) atoms. The van der Waals surface area contributed by atoms with Crippen molar-refractivity contribution in [2.24, 2.45) is 23.5 Å². The topological polar surface area (TPSA) is 35.2 Å². The van der Waals surface area contributed by atoms with Crippen LogP contribution in [0.5, 0.6) is 0 Å². The maximum absolute atomic E-state index is 5.48. The Morgan fingerprint density at radius 3 is 2.90 bits per heavy atom. The normalized spacial score (nSPS) is 44.7. The molecule has 0 aromatic heterocycles. The standard InChI is InChI=1S/C8H15NO/c9-3-1-6-7-2-4-10-5-8(6)7/h6-8H,1-5,9H2. The smallest absolute Gasteiger partial charge is 0.0499 e. The molecule has 0 radical (unpaired) electrons. The van der Waals surface area contributed by atoms with E-state index in [9.17, 15) is 0 Å². The van der Waals surface area contributed by atoms with Crippen molar-refractivity contribution in [2.75, 3.05) is 19.8 Å². The van der Waals surface area contributed by atoms with E-state index in [0.29, 0.717) is 0 Å². The van der Waals surface area contributed by atoms with Gasteiger partial charge in [0.2, 0.25) is 0 Å². The van der Waals surface area contributed by atoms with Crippen molar-refractivity contribution < 1.29 is 4.74 Å². The summed E-state index contributed by atoms with van der Waals surface area (Å²) < 4.78 is 5.36. The van der Waals surface area contributed by atoms with Crippen LogP contribution in [0.3, 0.4) is 0 Å². The van der Waals surface area contributed by atoms with E-state index < -0.39 is 0 Å². The summed E-state index contributed by atoms with van der Waals surface area (Å²) in [6.45, 7) is 2.86. The first-order valence-corrected chi connectivity index (χ1v) is 4.21. The molecule has 0 aromatic carbocycles. The zero-order valence-electron chi connectivity index (χ0n) is 6.25. The minimum atomic E-state index is 0.859. The molecule has 1 aliphatic carbocycles. The fraction of sp³-hybridized carbons (Fsp3) is 1.00. The van der Waals surface area contributed by atoms with E-state index in [4.69, 9.17) is 10.5 Å². The summed E-state index contributed by atoms with van der Waals surface area (Å²) in [5.74, 6) is 2.79. The molecule has 3 atom stereocenters. The molecule has 58 valence electrons. The lowest BCUT2D eigenvalue weighted by atomic mass is 10.2. The van der Waals surface area contributed by atoms with Crippen molar-refractivity contribution in [3.05, 3.63) is 0 Å². The van der Waals surface area contributed by atoms with Gasteiger partial charge in [0.25, 0.3) is 0 Å². The highest BCUT2D eigenvalue weighted by atomic mass is 16.5. The highest BCUT2D eigenvalue weighted by molar-refractivity contribution is 4.98. The highest BCUT2D eigenvalue weighted by Crippen LogP contribution is 2.52. The quantitative estimate of drug-likeness (QED) is 0.611. The number of hydrogen-bond donors (Lipinski definition) is 1. The van der Waals surface area contributed by atoms with Crippen LogP contribution in [0.2, 0.25) is 0 Å². The number of nitrogens with two attached hydrogens (primary N) is 1. The Kier molecular flexibility index (Phi) is 1.66. The summed E-state index contributed by atoms with van der Waals surface area (Å²) in [5, 5.41) is 0. The molecule has 2 aliphatic rings. The number of rotatable bonds is 2. The Bertz CT molecular complexity index is 114. The summed E-state index contributed by atoms with van der Waals surface area (Å²) in [4.78, 5) is 0. The second-order valence-electron chi connectivity index (χ2n) is 3.43. The second kappa shape index (κ2) is 2.51. The van der Waals surface area contributed by atoms with Crippen molar-refractivity contribution in [3.63, 3.8) is 0 Å². The van der Waals surface area contributed by atoms with Crippen molar-refractivity contribution in [1.82, 2.24) is 0 Å². The molecule has 0 bridgehead atoms. The maximum Gasteiger partial charge on any atom is 0.0499 e. The van der Waals surface area contributed by atoms with Crippen LogP contribution in [0, 0.1) is 17.8 Å². The van der Waals surface area contributed by atoms with Gasteiger partial charge in [-0.05, 0) is 37.1 Å². The molecule has 0 amide bonds. The molecule has 0 aromatic rings. The molecule has 3 unspecified atom stereocenters. The maximum atomic E-state index is 5.48. The van der Waals surface area contributed by atoms with Gasteiger partial charge in [-0.15, -0.1) is 0 Å². The van der Waals surface area contributed by atoms with Crippen LogP contribution in [0.25, 0.3) is 0 Å². The molecule has 1 heterocycles. The van der Waals surface area contributed by atoms with Crippen molar-refractivity contribution in [1.29, 1.82) is 0 Å². The Morgan fingerprint density at radius 1 is 1.40 bits per heavy atom. The Hall–Kier alpha value is -0.0800. The highest BCUT2D eigenvalue weighted by Gasteiger charge is 2.50. The lowest BCUT2D eigenvalue weighted by molar-refractivity contribution is 0.0884. The number of fused-ring (bicyclic) bond motifs is 1. The van der Waals surface area contributed by atoms with Crippen LogP contribution in [-0.4, -0.2) is 19.8 Å². The van der Waals surface area contributed by atoms with Gasteiger partial charge in [0.05, 0.1) is 0 Å². The summed E-state index contributed by atoms with van der Waals surface area (Å²) in [7, 11) is 0. The summed E-state index contributed by atoms with van der Waals surface area (Å²) in [5.41, 5.74) is 5.48. The van der Waals surface area contributed by atoms with Gasteiger partial charge < -0.3 is 10.5 Å². The van der Waals surface area contributed by atoms with Gasteiger partial charge >= 0.3 is 0 Å². The third-order valence-corrected chi connectivity index (χ3v) is 2.91. The number of hydrogen-bond acceptors (Lipinski definition) is 2. The molecule has 2 heteroatoms. The molecule has 1 saturated heterocycles. The van der Waals surface area contributed by atoms with Crippen LogP contribution in [0.15, 0.2) is 0 Å². The van der Waals surface area contributed by atoms with Gasteiger partial charge in [0.15, 0.2) is 0 Å². The third-order valence-electron chi connectivity index (χ3n) is 2.91. The lowest BCUT2D eigenvalue weighted by Crippen LogP contribution is -2.07. The minimum Gasteiger partial charge on any atom is -0.381 e. The van der Waals surface area contributed by atoms with Crippen LogP contribution >= 0.6 is 0 Å². The summed E-state index contributed by atoms with van der Waals surface area (Å²) in [6.07, 6.45) is 2.51. The summed E-state index contributed by atoms with van der Waals surface area (Å²) in [6, 6.07) is 0. The van der Waals surface area contributed by atoms with Crippen LogP contribution < -0.4 is 5.73 Å². The average Bonchev–Trinajstić information content (AvgIpc) is 2.66. The van der Waals surface area contributed by atoms with Gasteiger partial charge in [-0.2, -0.15) is 0 Å².